The van der Waals surface area contributed by atoms with E-state index in [1.807, 2.05) is 0 Å². The maximum Gasteiger partial charge on any atom is 0.223 e. The van der Waals surface area contributed by atoms with Crippen LogP contribution in [-0.4, -0.2) is 18.5 Å². The molecule has 88 valence electrons. The van der Waals surface area contributed by atoms with Crippen molar-refractivity contribution in [2.75, 3.05) is 6.54 Å². The lowest BCUT2D eigenvalue weighted by molar-refractivity contribution is -0.126. The second-order valence-electron chi connectivity index (χ2n) is 5.07. The van der Waals surface area contributed by atoms with E-state index in [1.165, 1.54) is 0 Å². The average Bonchev–Trinajstić information content (AvgIpc) is 2.64. The Morgan fingerprint density at radius 2 is 2.07 bits per heavy atom. The van der Waals surface area contributed by atoms with Gasteiger partial charge in [0.25, 0.3) is 0 Å². The Bertz CT molecular complexity index is 216. The second kappa shape index (κ2) is 5.50. The van der Waals surface area contributed by atoms with Gasteiger partial charge in [0.05, 0.1) is 0 Å². The Morgan fingerprint density at radius 1 is 1.40 bits per heavy atom. The molecule has 3 unspecified atom stereocenters. The minimum absolute atomic E-state index is 0.163. The van der Waals surface area contributed by atoms with Gasteiger partial charge >= 0.3 is 0 Å². The monoisotopic (exact) mass is 212 g/mol. The van der Waals surface area contributed by atoms with Crippen LogP contribution in [0.25, 0.3) is 0 Å². The number of rotatable bonds is 4. The van der Waals surface area contributed by atoms with Crippen molar-refractivity contribution >= 4 is 5.91 Å². The van der Waals surface area contributed by atoms with Crippen molar-refractivity contribution in [1.29, 1.82) is 0 Å². The molecule has 0 heterocycles. The highest BCUT2D eigenvalue weighted by Gasteiger charge is 2.32. The normalized spacial score (nSPS) is 28.1. The Balaban J connectivity index is 2.46. The van der Waals surface area contributed by atoms with Crippen LogP contribution in [0, 0.1) is 17.8 Å². The van der Waals surface area contributed by atoms with Gasteiger partial charge in [-0.1, -0.05) is 20.3 Å². The van der Waals surface area contributed by atoms with Crippen LogP contribution < -0.4 is 11.1 Å². The topological polar surface area (TPSA) is 55.1 Å². The number of hydrogen-bond donors (Lipinski definition) is 2. The van der Waals surface area contributed by atoms with Gasteiger partial charge < -0.3 is 11.1 Å². The van der Waals surface area contributed by atoms with E-state index >= 15 is 0 Å². The Hall–Kier alpha value is -0.570. The molecule has 1 saturated carbocycles. The highest BCUT2D eigenvalue weighted by molar-refractivity contribution is 5.79. The largest absolute Gasteiger partial charge is 0.353 e. The van der Waals surface area contributed by atoms with Crippen molar-refractivity contribution in [1.82, 2.24) is 5.32 Å². The fraction of sp³-hybridized carbons (Fsp3) is 0.917. The summed E-state index contributed by atoms with van der Waals surface area (Å²) in [5, 5.41) is 3.09. The van der Waals surface area contributed by atoms with E-state index in [9.17, 15) is 4.79 Å². The van der Waals surface area contributed by atoms with Crippen LogP contribution in [0.4, 0.5) is 0 Å². The predicted octanol–water partition coefficient (Wildman–Crippen LogP) is 1.52. The van der Waals surface area contributed by atoms with E-state index < -0.39 is 0 Å². The number of hydrogen-bond acceptors (Lipinski definition) is 2. The Labute approximate surface area is 92.8 Å². The lowest BCUT2D eigenvalue weighted by Gasteiger charge is -2.22. The first kappa shape index (κ1) is 12.5. The molecule has 1 fully saturated rings. The maximum absolute atomic E-state index is 12.0. The molecule has 3 heteroatoms. The summed E-state index contributed by atoms with van der Waals surface area (Å²) >= 11 is 0. The van der Waals surface area contributed by atoms with Gasteiger partial charge in [0.15, 0.2) is 0 Å². The molecule has 0 bridgehead atoms. The van der Waals surface area contributed by atoms with Crippen molar-refractivity contribution in [3.8, 4) is 0 Å². The van der Waals surface area contributed by atoms with Crippen molar-refractivity contribution in [3.63, 3.8) is 0 Å². The summed E-state index contributed by atoms with van der Waals surface area (Å²) in [6.07, 6.45) is 3.28. The second-order valence-corrected chi connectivity index (χ2v) is 5.07. The highest BCUT2D eigenvalue weighted by Crippen LogP contribution is 2.31. The first-order valence-corrected chi connectivity index (χ1v) is 6.06. The van der Waals surface area contributed by atoms with Crippen molar-refractivity contribution in [2.24, 2.45) is 23.5 Å². The number of nitrogens with one attached hydrogen (secondary N) is 1. The molecule has 0 aromatic carbocycles. The Morgan fingerprint density at radius 3 is 2.60 bits per heavy atom. The first-order chi connectivity index (χ1) is 7.06. The minimum Gasteiger partial charge on any atom is -0.353 e. The quantitative estimate of drug-likeness (QED) is 0.742. The van der Waals surface area contributed by atoms with Crippen LogP contribution in [-0.2, 0) is 4.79 Å². The Kier molecular flexibility index (Phi) is 4.58. The zero-order valence-corrected chi connectivity index (χ0v) is 10.1. The number of amides is 1. The molecule has 0 aliphatic heterocycles. The molecular weight excluding hydrogens is 188 g/mol. The summed E-state index contributed by atoms with van der Waals surface area (Å²) in [4.78, 5) is 12.0. The van der Waals surface area contributed by atoms with Crippen LogP contribution in [0.1, 0.15) is 40.0 Å². The van der Waals surface area contributed by atoms with E-state index in [4.69, 9.17) is 5.73 Å². The molecule has 1 aliphatic carbocycles. The molecule has 0 radical (unpaired) electrons. The summed E-state index contributed by atoms with van der Waals surface area (Å²) in [6.45, 7) is 6.96. The molecule has 3 atom stereocenters. The fourth-order valence-electron chi connectivity index (χ4n) is 2.16. The highest BCUT2D eigenvalue weighted by atomic mass is 16.2. The van der Waals surface area contributed by atoms with Gasteiger partial charge in [0.1, 0.15) is 0 Å². The third-order valence-corrected chi connectivity index (χ3v) is 3.67. The maximum atomic E-state index is 12.0. The molecule has 0 saturated heterocycles. The van der Waals surface area contributed by atoms with Gasteiger partial charge in [-0.2, -0.15) is 0 Å². The molecule has 0 spiro atoms. The SMILES string of the molecule is CC(C)C(C)NC(=O)C1CCCC1CN. The molecule has 3 nitrogen and oxygen atoms in total. The van der Waals surface area contributed by atoms with Crippen molar-refractivity contribution in [3.05, 3.63) is 0 Å². The zero-order chi connectivity index (χ0) is 11.4. The van der Waals surface area contributed by atoms with Gasteiger partial charge in [-0.15, -0.1) is 0 Å². The molecule has 1 rings (SSSR count). The van der Waals surface area contributed by atoms with E-state index in [-0.39, 0.29) is 17.9 Å². The fourth-order valence-corrected chi connectivity index (χ4v) is 2.16. The van der Waals surface area contributed by atoms with Crippen LogP contribution in [0.3, 0.4) is 0 Å². The zero-order valence-electron chi connectivity index (χ0n) is 10.1. The number of nitrogens with two attached hydrogens (primary N) is 1. The minimum atomic E-state index is 0.163. The van der Waals surface area contributed by atoms with Gasteiger partial charge in [-0.05, 0) is 38.1 Å². The van der Waals surface area contributed by atoms with Crippen molar-refractivity contribution in [2.45, 2.75) is 46.1 Å². The van der Waals surface area contributed by atoms with Crippen LogP contribution in [0.2, 0.25) is 0 Å². The van der Waals surface area contributed by atoms with Gasteiger partial charge in [0, 0.05) is 12.0 Å². The predicted molar refractivity (Wildman–Crippen MR) is 62.3 cm³/mol. The summed E-state index contributed by atoms with van der Waals surface area (Å²) in [5.74, 6) is 1.27. The van der Waals surface area contributed by atoms with Gasteiger partial charge in [-0.25, -0.2) is 0 Å². The van der Waals surface area contributed by atoms with E-state index in [1.54, 1.807) is 0 Å². The smallest absolute Gasteiger partial charge is 0.223 e. The third-order valence-electron chi connectivity index (χ3n) is 3.67. The number of carbonyl (C=O) groups is 1. The lowest BCUT2D eigenvalue weighted by atomic mass is 9.94. The van der Waals surface area contributed by atoms with E-state index in [0.29, 0.717) is 18.4 Å². The standard InChI is InChI=1S/C12H24N2O/c1-8(2)9(3)14-12(15)11-6-4-5-10(11)7-13/h8-11H,4-7,13H2,1-3H3,(H,14,15). The summed E-state index contributed by atoms with van der Waals surface area (Å²) in [7, 11) is 0. The molecule has 15 heavy (non-hydrogen) atoms. The molecule has 1 aliphatic rings. The molecule has 1 amide bonds. The van der Waals surface area contributed by atoms with E-state index in [0.717, 1.165) is 19.3 Å². The van der Waals surface area contributed by atoms with Gasteiger partial charge in [0.2, 0.25) is 5.91 Å². The van der Waals surface area contributed by atoms with E-state index in [2.05, 4.69) is 26.1 Å². The third kappa shape index (κ3) is 3.20. The number of carbonyl (C=O) groups excluding carboxylic acids is 1. The average molecular weight is 212 g/mol. The van der Waals surface area contributed by atoms with Crippen LogP contribution in [0.5, 0.6) is 0 Å². The molecule has 0 aromatic rings. The lowest BCUT2D eigenvalue weighted by Crippen LogP contribution is -2.41. The van der Waals surface area contributed by atoms with Crippen molar-refractivity contribution < 1.29 is 4.79 Å². The molecular formula is C12H24N2O. The van der Waals surface area contributed by atoms with Crippen LogP contribution >= 0.6 is 0 Å². The molecule has 3 N–H and O–H groups in total. The van der Waals surface area contributed by atoms with Crippen LogP contribution in [0.15, 0.2) is 0 Å². The molecule has 0 aromatic heterocycles. The first-order valence-electron chi connectivity index (χ1n) is 6.06. The summed E-state index contributed by atoms with van der Waals surface area (Å²) in [6, 6.07) is 0.261. The summed E-state index contributed by atoms with van der Waals surface area (Å²) in [5.41, 5.74) is 5.67. The van der Waals surface area contributed by atoms with Gasteiger partial charge in [-0.3, -0.25) is 4.79 Å². The summed E-state index contributed by atoms with van der Waals surface area (Å²) < 4.78 is 0.